The molecule has 1 aromatic carbocycles. The Kier molecular flexibility index (Phi) is 4.29. The molecule has 0 radical (unpaired) electrons. The van der Waals surface area contributed by atoms with E-state index in [0.717, 1.165) is 24.9 Å². The molecule has 0 atom stereocenters. The minimum atomic E-state index is -0.345. The molecule has 0 aromatic heterocycles. The molecule has 0 aliphatic heterocycles. The molecule has 17 heavy (non-hydrogen) atoms. The average Bonchev–Trinajstić information content (AvgIpc) is 2.23. The van der Waals surface area contributed by atoms with Crippen molar-refractivity contribution in [3.05, 3.63) is 34.6 Å². The number of rotatable bonds is 4. The predicted molar refractivity (Wildman–Crippen MR) is 70.1 cm³/mol. The highest BCUT2D eigenvalue weighted by atomic mass is 35.5. The lowest BCUT2D eigenvalue weighted by atomic mass is 9.84. The number of nitrogens with zero attached hydrogens (tertiary/aromatic N) is 1. The summed E-state index contributed by atoms with van der Waals surface area (Å²) in [5, 5.41) is 0.592. The van der Waals surface area contributed by atoms with E-state index < -0.39 is 0 Å². The Morgan fingerprint density at radius 2 is 2.12 bits per heavy atom. The first kappa shape index (κ1) is 13.1. The van der Waals surface area contributed by atoms with Gasteiger partial charge >= 0.3 is 0 Å². The SMILES string of the molecule is CN(Cc1cccc(F)c1Cl)CC1CC(Cl)C1. The van der Waals surface area contributed by atoms with E-state index in [0.29, 0.717) is 17.8 Å². The van der Waals surface area contributed by atoms with Crippen LogP contribution in [-0.4, -0.2) is 23.9 Å². The van der Waals surface area contributed by atoms with Crippen molar-refractivity contribution in [1.29, 1.82) is 0 Å². The van der Waals surface area contributed by atoms with Crippen LogP contribution in [0.25, 0.3) is 0 Å². The number of hydrogen-bond acceptors (Lipinski definition) is 1. The number of halogens is 3. The van der Waals surface area contributed by atoms with Crippen LogP contribution >= 0.6 is 23.2 Å². The predicted octanol–water partition coefficient (Wildman–Crippen LogP) is 3.93. The second kappa shape index (κ2) is 5.55. The van der Waals surface area contributed by atoms with Crippen LogP contribution in [0.15, 0.2) is 18.2 Å². The van der Waals surface area contributed by atoms with Gasteiger partial charge in [-0.15, -0.1) is 11.6 Å². The van der Waals surface area contributed by atoms with Crippen LogP contribution in [0.2, 0.25) is 5.02 Å². The van der Waals surface area contributed by atoms with Gasteiger partial charge in [0.15, 0.2) is 0 Å². The van der Waals surface area contributed by atoms with E-state index in [1.807, 2.05) is 13.1 Å². The van der Waals surface area contributed by atoms with E-state index in [4.69, 9.17) is 23.2 Å². The molecule has 0 spiro atoms. The molecule has 0 heterocycles. The van der Waals surface area contributed by atoms with E-state index >= 15 is 0 Å². The maximum absolute atomic E-state index is 13.3. The summed E-state index contributed by atoms with van der Waals surface area (Å²) in [6.07, 6.45) is 2.17. The highest BCUT2D eigenvalue weighted by Crippen LogP contribution is 2.32. The molecule has 1 aromatic rings. The second-order valence-corrected chi connectivity index (χ2v) is 5.84. The summed E-state index contributed by atoms with van der Waals surface area (Å²) in [5.74, 6) is 0.330. The van der Waals surface area contributed by atoms with Gasteiger partial charge in [-0.2, -0.15) is 0 Å². The van der Waals surface area contributed by atoms with Gasteiger partial charge in [0.05, 0.1) is 5.02 Å². The van der Waals surface area contributed by atoms with Crippen molar-refractivity contribution in [2.24, 2.45) is 5.92 Å². The highest BCUT2D eigenvalue weighted by Gasteiger charge is 2.28. The third kappa shape index (κ3) is 3.34. The van der Waals surface area contributed by atoms with Crippen molar-refractivity contribution in [2.75, 3.05) is 13.6 Å². The molecule has 1 saturated carbocycles. The van der Waals surface area contributed by atoms with E-state index in [-0.39, 0.29) is 10.8 Å². The average molecular weight is 276 g/mol. The van der Waals surface area contributed by atoms with Crippen LogP contribution < -0.4 is 0 Å². The fourth-order valence-electron chi connectivity index (χ4n) is 2.27. The lowest BCUT2D eigenvalue weighted by Gasteiger charge is -2.34. The van der Waals surface area contributed by atoms with Gasteiger partial charge in [-0.1, -0.05) is 23.7 Å². The van der Waals surface area contributed by atoms with Gasteiger partial charge in [0, 0.05) is 18.5 Å². The first-order chi connectivity index (χ1) is 8.06. The van der Waals surface area contributed by atoms with Crippen molar-refractivity contribution in [2.45, 2.75) is 24.8 Å². The highest BCUT2D eigenvalue weighted by molar-refractivity contribution is 6.31. The summed E-state index contributed by atoms with van der Waals surface area (Å²) < 4.78 is 13.3. The van der Waals surface area contributed by atoms with Crippen LogP contribution in [0.5, 0.6) is 0 Å². The number of benzene rings is 1. The van der Waals surface area contributed by atoms with E-state index in [9.17, 15) is 4.39 Å². The molecule has 0 saturated heterocycles. The Morgan fingerprint density at radius 1 is 1.41 bits per heavy atom. The van der Waals surface area contributed by atoms with Crippen molar-refractivity contribution in [1.82, 2.24) is 4.90 Å². The second-order valence-electron chi connectivity index (χ2n) is 4.84. The first-order valence-corrected chi connectivity index (χ1v) is 6.63. The first-order valence-electron chi connectivity index (χ1n) is 5.81. The zero-order valence-electron chi connectivity index (χ0n) is 9.80. The molecule has 1 aliphatic rings. The molecule has 1 nitrogen and oxygen atoms in total. The van der Waals surface area contributed by atoms with Gasteiger partial charge in [0.1, 0.15) is 5.82 Å². The Labute approximate surface area is 112 Å². The van der Waals surface area contributed by atoms with Gasteiger partial charge in [-0.25, -0.2) is 4.39 Å². The molecule has 0 unspecified atom stereocenters. The van der Waals surface area contributed by atoms with E-state index in [1.54, 1.807) is 6.07 Å². The molecule has 1 fully saturated rings. The molecular formula is C13H16Cl2FN. The molecule has 0 amide bonds. The molecule has 1 aliphatic carbocycles. The van der Waals surface area contributed by atoms with Gasteiger partial charge < -0.3 is 4.90 Å². The number of hydrogen-bond donors (Lipinski definition) is 0. The maximum Gasteiger partial charge on any atom is 0.142 e. The summed E-state index contributed by atoms with van der Waals surface area (Å²) in [6.45, 7) is 1.68. The summed E-state index contributed by atoms with van der Waals surface area (Å²) in [5.41, 5.74) is 0.843. The maximum atomic E-state index is 13.3. The zero-order chi connectivity index (χ0) is 12.4. The summed E-state index contributed by atoms with van der Waals surface area (Å²) in [7, 11) is 2.03. The molecular weight excluding hydrogens is 260 g/mol. The van der Waals surface area contributed by atoms with Gasteiger partial charge in [-0.05, 0) is 37.4 Å². The van der Waals surface area contributed by atoms with Gasteiger partial charge in [0.25, 0.3) is 0 Å². The Hall–Kier alpha value is -0.310. The minimum absolute atomic E-state index is 0.239. The summed E-state index contributed by atoms with van der Waals surface area (Å²) in [4.78, 5) is 2.17. The number of alkyl halides is 1. The van der Waals surface area contributed by atoms with E-state index in [2.05, 4.69) is 4.90 Å². The van der Waals surface area contributed by atoms with Crippen LogP contribution in [0, 0.1) is 11.7 Å². The third-order valence-electron chi connectivity index (χ3n) is 3.22. The van der Waals surface area contributed by atoms with Crippen LogP contribution in [0.4, 0.5) is 4.39 Å². The fraction of sp³-hybridized carbons (Fsp3) is 0.538. The monoisotopic (exact) mass is 275 g/mol. The van der Waals surface area contributed by atoms with Crippen LogP contribution in [-0.2, 0) is 6.54 Å². The third-order valence-corrected chi connectivity index (χ3v) is 4.00. The molecule has 94 valence electrons. The molecule has 2 rings (SSSR count). The Bertz CT molecular complexity index is 391. The van der Waals surface area contributed by atoms with Gasteiger partial charge in [-0.3, -0.25) is 0 Å². The normalized spacial score (nSPS) is 23.8. The Balaban J connectivity index is 1.89. The molecule has 4 heteroatoms. The van der Waals surface area contributed by atoms with Crippen LogP contribution in [0.1, 0.15) is 18.4 Å². The lowest BCUT2D eigenvalue weighted by molar-refractivity contribution is 0.204. The van der Waals surface area contributed by atoms with E-state index in [1.165, 1.54) is 6.07 Å². The Morgan fingerprint density at radius 3 is 2.76 bits per heavy atom. The van der Waals surface area contributed by atoms with Gasteiger partial charge in [0.2, 0.25) is 0 Å². The quantitative estimate of drug-likeness (QED) is 0.753. The summed E-state index contributed by atoms with van der Waals surface area (Å²) in [6, 6.07) is 4.95. The summed E-state index contributed by atoms with van der Waals surface area (Å²) >= 11 is 11.9. The smallest absolute Gasteiger partial charge is 0.142 e. The fourth-order valence-corrected chi connectivity index (χ4v) is 2.96. The van der Waals surface area contributed by atoms with Crippen molar-refractivity contribution in [3.63, 3.8) is 0 Å². The van der Waals surface area contributed by atoms with Crippen molar-refractivity contribution >= 4 is 23.2 Å². The molecule has 0 N–H and O–H groups in total. The largest absolute Gasteiger partial charge is 0.302 e. The van der Waals surface area contributed by atoms with Crippen molar-refractivity contribution in [3.8, 4) is 0 Å². The van der Waals surface area contributed by atoms with Crippen molar-refractivity contribution < 1.29 is 4.39 Å². The molecule has 0 bridgehead atoms. The zero-order valence-corrected chi connectivity index (χ0v) is 11.3. The standard InChI is InChI=1S/C13H16Cl2FN/c1-17(7-9-5-11(14)6-9)8-10-3-2-4-12(16)13(10)15/h2-4,9,11H,5-8H2,1H3. The minimum Gasteiger partial charge on any atom is -0.302 e. The topological polar surface area (TPSA) is 3.24 Å². The van der Waals surface area contributed by atoms with Crippen LogP contribution in [0.3, 0.4) is 0 Å². The lowest BCUT2D eigenvalue weighted by Crippen LogP contribution is -2.34.